The number of rotatable bonds is 8. The highest BCUT2D eigenvalue weighted by atomic mass is 32.1. The summed E-state index contributed by atoms with van der Waals surface area (Å²) in [6.45, 7) is 8.43. The normalized spacial score (nSPS) is 18.6. The van der Waals surface area contributed by atoms with E-state index in [2.05, 4.69) is 49.4 Å². The van der Waals surface area contributed by atoms with Gasteiger partial charge in [-0.3, -0.25) is 9.80 Å². The van der Waals surface area contributed by atoms with E-state index in [1.165, 1.54) is 17.5 Å². The predicted octanol–water partition coefficient (Wildman–Crippen LogP) is 4.95. The monoisotopic (exact) mass is 519 g/mol. The second-order valence-electron chi connectivity index (χ2n) is 9.75. The third kappa shape index (κ3) is 6.94. The summed E-state index contributed by atoms with van der Waals surface area (Å²) in [4.78, 5) is 14.3. The number of piperidine rings is 1. The van der Waals surface area contributed by atoms with Gasteiger partial charge >= 0.3 is 6.18 Å². The van der Waals surface area contributed by atoms with Crippen LogP contribution in [0.25, 0.3) is 10.2 Å². The molecule has 2 fully saturated rings. The summed E-state index contributed by atoms with van der Waals surface area (Å²) >= 11 is 1.09. The summed E-state index contributed by atoms with van der Waals surface area (Å²) in [5.41, 5.74) is 2.69. The highest BCUT2D eigenvalue weighted by Gasteiger charge is 2.29. The Morgan fingerprint density at radius 2 is 1.58 bits per heavy atom. The first-order valence-corrected chi connectivity index (χ1v) is 13.4. The summed E-state index contributed by atoms with van der Waals surface area (Å²) in [5.74, 6) is 1.14. The smallest absolute Gasteiger partial charge is 0.379 e. The van der Waals surface area contributed by atoms with Crippen LogP contribution in [-0.4, -0.2) is 71.9 Å². The molecule has 3 aromatic rings. The highest BCUT2D eigenvalue weighted by Crippen LogP contribution is 2.32. The van der Waals surface area contributed by atoms with Crippen molar-refractivity contribution >= 4 is 27.4 Å². The number of ether oxygens (including phenoxy) is 1. The van der Waals surface area contributed by atoms with Crippen LogP contribution >= 0.6 is 11.3 Å². The first kappa shape index (κ1) is 25.4. The van der Waals surface area contributed by atoms with Gasteiger partial charge in [-0.15, -0.1) is 11.3 Å². The number of aromatic nitrogens is 2. The van der Waals surface area contributed by atoms with Crippen LogP contribution in [0.4, 0.5) is 19.0 Å². The zero-order chi connectivity index (χ0) is 25.0. The molecule has 194 valence electrons. The Kier molecular flexibility index (Phi) is 8.05. The molecule has 0 bridgehead atoms. The first-order chi connectivity index (χ1) is 17.4. The number of halogens is 3. The maximum atomic E-state index is 12.8. The molecule has 0 amide bonds. The quantitative estimate of drug-likeness (QED) is 0.455. The Hall–Kier alpha value is -2.27. The number of alkyl halides is 3. The van der Waals surface area contributed by atoms with Gasteiger partial charge in [-0.2, -0.15) is 13.2 Å². The minimum absolute atomic E-state index is 0.267. The zero-order valence-electron chi connectivity index (χ0n) is 20.3. The summed E-state index contributed by atoms with van der Waals surface area (Å²) in [5, 5.41) is 4.06. The van der Waals surface area contributed by atoms with Gasteiger partial charge in [0.25, 0.3) is 0 Å². The Morgan fingerprint density at radius 3 is 2.22 bits per heavy atom. The lowest BCUT2D eigenvalue weighted by atomic mass is 9.96. The molecule has 0 saturated carbocycles. The number of nitrogens with zero attached hydrogens (tertiary/aromatic N) is 4. The second kappa shape index (κ2) is 11.4. The molecule has 6 nitrogen and oxygen atoms in total. The number of likely N-dealkylation sites (tertiary alicyclic amines) is 1. The molecule has 2 aliphatic rings. The molecule has 0 unspecified atom stereocenters. The van der Waals surface area contributed by atoms with Crippen molar-refractivity contribution in [3.63, 3.8) is 0 Å². The summed E-state index contributed by atoms with van der Waals surface area (Å²) in [6, 6.07) is 10.6. The van der Waals surface area contributed by atoms with Crippen LogP contribution in [0.5, 0.6) is 0 Å². The molecule has 0 radical (unpaired) electrons. The molecular weight excluding hydrogens is 487 g/mol. The lowest BCUT2D eigenvalue weighted by Gasteiger charge is -2.32. The van der Waals surface area contributed by atoms with Crippen LogP contribution in [0.15, 0.2) is 36.7 Å². The number of fused-ring (bicyclic) bond motifs is 1. The van der Waals surface area contributed by atoms with Crippen molar-refractivity contribution < 1.29 is 17.9 Å². The van der Waals surface area contributed by atoms with Gasteiger partial charge in [0.15, 0.2) is 0 Å². The van der Waals surface area contributed by atoms with E-state index in [1.54, 1.807) is 6.07 Å². The molecular formula is C26H32F3N5OS. The van der Waals surface area contributed by atoms with Crippen molar-refractivity contribution in [2.24, 2.45) is 5.92 Å². The van der Waals surface area contributed by atoms with E-state index in [9.17, 15) is 13.2 Å². The largest absolute Gasteiger partial charge is 0.393 e. The van der Waals surface area contributed by atoms with Crippen molar-refractivity contribution in [3.8, 4) is 0 Å². The van der Waals surface area contributed by atoms with Gasteiger partial charge in [0.2, 0.25) is 0 Å². The van der Waals surface area contributed by atoms with Crippen LogP contribution in [0.3, 0.4) is 0 Å². The average molecular weight is 520 g/mol. The fourth-order valence-electron chi connectivity index (χ4n) is 4.95. The van der Waals surface area contributed by atoms with Crippen molar-refractivity contribution in [2.75, 3.05) is 51.3 Å². The molecule has 4 heterocycles. The lowest BCUT2D eigenvalue weighted by molar-refractivity contribution is -0.126. The van der Waals surface area contributed by atoms with Crippen molar-refractivity contribution in [3.05, 3.63) is 52.7 Å². The fourth-order valence-corrected chi connectivity index (χ4v) is 5.97. The minimum atomic E-state index is -4.22. The number of nitrogens with one attached hydrogen (secondary N) is 1. The van der Waals surface area contributed by atoms with Crippen LogP contribution in [0, 0.1) is 5.92 Å². The zero-order valence-corrected chi connectivity index (χ0v) is 21.1. The molecule has 2 aliphatic heterocycles. The van der Waals surface area contributed by atoms with E-state index in [0.717, 1.165) is 83.2 Å². The average Bonchev–Trinajstić information content (AvgIpc) is 3.27. The summed E-state index contributed by atoms with van der Waals surface area (Å²) < 4.78 is 43.8. The number of benzene rings is 1. The van der Waals surface area contributed by atoms with Gasteiger partial charge in [-0.05, 0) is 49.0 Å². The topological polar surface area (TPSA) is 53.5 Å². The minimum Gasteiger partial charge on any atom is -0.379 e. The molecule has 2 saturated heterocycles. The third-order valence-electron chi connectivity index (χ3n) is 6.96. The Labute approximate surface area is 213 Å². The maximum absolute atomic E-state index is 12.8. The molecule has 1 N–H and O–H groups in total. The fraction of sp³-hybridized carbons (Fsp3) is 0.538. The number of thiophene rings is 1. The van der Waals surface area contributed by atoms with E-state index in [0.29, 0.717) is 22.0 Å². The number of anilines is 1. The van der Waals surface area contributed by atoms with Crippen LogP contribution < -0.4 is 5.32 Å². The van der Waals surface area contributed by atoms with Crippen molar-refractivity contribution in [1.29, 1.82) is 0 Å². The molecule has 0 aliphatic carbocycles. The highest BCUT2D eigenvalue weighted by molar-refractivity contribution is 7.18. The number of morpholine rings is 1. The van der Waals surface area contributed by atoms with E-state index in [-0.39, 0.29) is 4.88 Å². The first-order valence-electron chi connectivity index (χ1n) is 12.6. The molecule has 5 rings (SSSR count). The van der Waals surface area contributed by atoms with Gasteiger partial charge in [-0.1, -0.05) is 24.3 Å². The number of hydrogen-bond donors (Lipinski definition) is 1. The van der Waals surface area contributed by atoms with E-state index in [4.69, 9.17) is 4.74 Å². The predicted molar refractivity (Wildman–Crippen MR) is 136 cm³/mol. The van der Waals surface area contributed by atoms with Crippen LogP contribution in [0.2, 0.25) is 0 Å². The molecule has 0 spiro atoms. The Bertz CT molecular complexity index is 1120. The molecule has 2 aromatic heterocycles. The molecule has 36 heavy (non-hydrogen) atoms. The van der Waals surface area contributed by atoms with Crippen LogP contribution in [-0.2, 0) is 24.2 Å². The number of hydrogen-bond acceptors (Lipinski definition) is 7. The SMILES string of the molecule is FC(F)(F)Cc1cc2c(NCC3CCN(Cc4ccc(CN5CCOCC5)cc4)CC3)ncnc2s1. The molecule has 1 aromatic carbocycles. The van der Waals surface area contributed by atoms with Gasteiger partial charge in [0, 0.05) is 37.6 Å². The Morgan fingerprint density at radius 1 is 0.944 bits per heavy atom. The summed E-state index contributed by atoms with van der Waals surface area (Å²) in [6.07, 6.45) is -1.56. The summed E-state index contributed by atoms with van der Waals surface area (Å²) in [7, 11) is 0. The third-order valence-corrected chi connectivity index (χ3v) is 8.00. The van der Waals surface area contributed by atoms with Gasteiger partial charge in [0.05, 0.1) is 25.0 Å². The lowest BCUT2D eigenvalue weighted by Crippen LogP contribution is -2.36. The standard InChI is InChI=1S/C26H32F3N5OS/c27-26(28,29)14-22-13-23-24(31-18-32-25(23)36-22)30-15-19-5-7-33(8-6-19)16-20-1-3-21(4-2-20)17-34-9-11-35-12-10-34/h1-4,13,18-19H,5-12,14-17H2,(H,30,31,32). The van der Waals surface area contributed by atoms with Gasteiger partial charge in [0.1, 0.15) is 17.0 Å². The van der Waals surface area contributed by atoms with E-state index < -0.39 is 12.6 Å². The van der Waals surface area contributed by atoms with Gasteiger partial charge < -0.3 is 10.1 Å². The van der Waals surface area contributed by atoms with Crippen LogP contribution in [0.1, 0.15) is 28.8 Å². The Balaban J connectivity index is 1.08. The van der Waals surface area contributed by atoms with Crippen molar-refractivity contribution in [2.45, 2.75) is 38.5 Å². The molecule has 10 heteroatoms. The van der Waals surface area contributed by atoms with Gasteiger partial charge in [-0.25, -0.2) is 9.97 Å². The van der Waals surface area contributed by atoms with Crippen molar-refractivity contribution in [1.82, 2.24) is 19.8 Å². The second-order valence-corrected chi connectivity index (χ2v) is 10.9. The maximum Gasteiger partial charge on any atom is 0.393 e. The van der Waals surface area contributed by atoms with E-state index in [1.807, 2.05) is 0 Å². The van der Waals surface area contributed by atoms with E-state index >= 15 is 0 Å². The molecule has 0 atom stereocenters.